The summed E-state index contributed by atoms with van der Waals surface area (Å²) in [6.07, 6.45) is 2.46. The Morgan fingerprint density at radius 1 is 1.58 bits per heavy atom. The smallest absolute Gasteiger partial charge is 0.104 e. The highest BCUT2D eigenvalue weighted by molar-refractivity contribution is 7.10. The summed E-state index contributed by atoms with van der Waals surface area (Å²) >= 11 is 1.73. The van der Waals surface area contributed by atoms with Crippen LogP contribution in [0.5, 0.6) is 0 Å². The van der Waals surface area contributed by atoms with Gasteiger partial charge in [-0.2, -0.15) is 0 Å². The van der Waals surface area contributed by atoms with E-state index in [2.05, 4.69) is 29.2 Å². The molecule has 1 N–H and O–H groups in total. The van der Waals surface area contributed by atoms with Crippen LogP contribution in [0.1, 0.15) is 23.3 Å². The average molecular weight is 279 g/mol. The standard InChI is InChI=1S/C15H21NO2S/c1-16(10-13-4-3-8-18-12-13)11-15-14(5-2-7-17)6-9-19-15/h6,9,13,17H,3-4,7-8,10-12H2,1H3. The lowest BCUT2D eigenvalue weighted by Crippen LogP contribution is -2.30. The van der Waals surface area contributed by atoms with E-state index >= 15 is 0 Å². The molecule has 1 aliphatic heterocycles. The van der Waals surface area contributed by atoms with Crippen molar-refractivity contribution in [2.24, 2.45) is 5.92 Å². The van der Waals surface area contributed by atoms with Crippen molar-refractivity contribution >= 4 is 11.3 Å². The molecule has 2 heterocycles. The maximum atomic E-state index is 8.76. The summed E-state index contributed by atoms with van der Waals surface area (Å²) in [6.45, 7) is 3.73. The maximum Gasteiger partial charge on any atom is 0.104 e. The number of aliphatic hydroxyl groups is 1. The van der Waals surface area contributed by atoms with Crippen molar-refractivity contribution in [3.63, 3.8) is 0 Å². The van der Waals surface area contributed by atoms with Crippen LogP contribution in [0, 0.1) is 17.8 Å². The second kappa shape index (κ2) is 7.66. The first-order chi connectivity index (χ1) is 9.29. The van der Waals surface area contributed by atoms with Gasteiger partial charge in [-0.05, 0) is 37.3 Å². The predicted octanol–water partition coefficient (Wildman–Crippen LogP) is 1.95. The molecule has 104 valence electrons. The van der Waals surface area contributed by atoms with Gasteiger partial charge in [-0.1, -0.05) is 11.8 Å². The first kappa shape index (κ1) is 14.5. The number of hydrogen-bond acceptors (Lipinski definition) is 4. The normalized spacial score (nSPS) is 19.2. The van der Waals surface area contributed by atoms with E-state index in [0.717, 1.165) is 31.9 Å². The summed E-state index contributed by atoms with van der Waals surface area (Å²) in [5.74, 6) is 6.39. The predicted molar refractivity (Wildman–Crippen MR) is 78.2 cm³/mol. The van der Waals surface area contributed by atoms with Crippen molar-refractivity contribution in [3.05, 3.63) is 21.9 Å². The molecular weight excluding hydrogens is 258 g/mol. The van der Waals surface area contributed by atoms with Gasteiger partial charge in [-0.3, -0.25) is 0 Å². The van der Waals surface area contributed by atoms with Crippen molar-refractivity contribution in [1.29, 1.82) is 0 Å². The molecule has 1 aromatic rings. The van der Waals surface area contributed by atoms with Gasteiger partial charge in [0.15, 0.2) is 0 Å². The fourth-order valence-corrected chi connectivity index (χ4v) is 3.32. The van der Waals surface area contributed by atoms with Crippen molar-refractivity contribution < 1.29 is 9.84 Å². The molecular formula is C15H21NO2S. The summed E-state index contributed by atoms with van der Waals surface area (Å²) in [7, 11) is 2.15. The second-order valence-corrected chi connectivity index (χ2v) is 6.00. The Bertz CT molecular complexity index is 440. The highest BCUT2D eigenvalue weighted by Gasteiger charge is 2.16. The lowest BCUT2D eigenvalue weighted by atomic mass is 10.0. The van der Waals surface area contributed by atoms with Crippen molar-refractivity contribution in [1.82, 2.24) is 4.90 Å². The topological polar surface area (TPSA) is 32.7 Å². The zero-order chi connectivity index (χ0) is 13.5. The molecule has 0 radical (unpaired) electrons. The van der Waals surface area contributed by atoms with E-state index in [0.29, 0.717) is 5.92 Å². The van der Waals surface area contributed by atoms with Gasteiger partial charge in [0, 0.05) is 30.1 Å². The van der Waals surface area contributed by atoms with E-state index in [1.807, 2.05) is 6.07 Å². The third-order valence-corrected chi connectivity index (χ3v) is 4.19. The van der Waals surface area contributed by atoms with E-state index < -0.39 is 0 Å². The Labute approximate surface area is 119 Å². The van der Waals surface area contributed by atoms with E-state index in [4.69, 9.17) is 9.84 Å². The van der Waals surface area contributed by atoms with Crippen LogP contribution in [-0.4, -0.2) is 43.4 Å². The molecule has 19 heavy (non-hydrogen) atoms. The number of aliphatic hydroxyl groups excluding tert-OH is 1. The van der Waals surface area contributed by atoms with Crippen molar-refractivity contribution in [3.8, 4) is 11.8 Å². The average Bonchev–Trinajstić information content (AvgIpc) is 2.84. The fraction of sp³-hybridized carbons (Fsp3) is 0.600. The van der Waals surface area contributed by atoms with Crippen molar-refractivity contribution in [2.45, 2.75) is 19.4 Å². The molecule has 2 rings (SSSR count). The quantitative estimate of drug-likeness (QED) is 0.855. The maximum absolute atomic E-state index is 8.76. The van der Waals surface area contributed by atoms with Crippen LogP contribution in [0.4, 0.5) is 0 Å². The van der Waals surface area contributed by atoms with Crippen LogP contribution in [0.15, 0.2) is 11.4 Å². The van der Waals surface area contributed by atoms with E-state index in [1.54, 1.807) is 11.3 Å². The number of thiophene rings is 1. The molecule has 3 nitrogen and oxygen atoms in total. The molecule has 1 aliphatic rings. The molecule has 0 saturated carbocycles. The van der Waals surface area contributed by atoms with E-state index in [-0.39, 0.29) is 6.61 Å². The minimum atomic E-state index is -0.0788. The first-order valence-corrected chi connectivity index (χ1v) is 7.60. The molecule has 0 aromatic carbocycles. The zero-order valence-corrected chi connectivity index (χ0v) is 12.2. The number of hydrogen-bond donors (Lipinski definition) is 1. The highest BCUT2D eigenvalue weighted by atomic mass is 32.1. The van der Waals surface area contributed by atoms with Gasteiger partial charge in [0.1, 0.15) is 6.61 Å². The Morgan fingerprint density at radius 2 is 2.47 bits per heavy atom. The lowest BCUT2D eigenvalue weighted by molar-refractivity contribution is 0.0412. The Kier molecular flexibility index (Phi) is 5.87. The summed E-state index contributed by atoms with van der Waals surface area (Å²) < 4.78 is 5.52. The molecule has 0 spiro atoms. The molecule has 1 atom stereocenters. The largest absolute Gasteiger partial charge is 0.384 e. The zero-order valence-electron chi connectivity index (χ0n) is 11.4. The molecule has 1 fully saturated rings. The molecule has 0 aliphatic carbocycles. The summed E-state index contributed by atoms with van der Waals surface area (Å²) in [4.78, 5) is 3.62. The second-order valence-electron chi connectivity index (χ2n) is 5.00. The number of ether oxygens (including phenoxy) is 1. The number of nitrogens with zero attached hydrogens (tertiary/aromatic N) is 1. The Hall–Kier alpha value is -0.860. The SMILES string of the molecule is CN(Cc1sccc1C#CCO)CC1CCCOC1. The summed E-state index contributed by atoms with van der Waals surface area (Å²) in [6, 6.07) is 2.03. The van der Waals surface area contributed by atoms with Crippen LogP contribution >= 0.6 is 11.3 Å². The van der Waals surface area contributed by atoms with Gasteiger partial charge < -0.3 is 14.7 Å². The van der Waals surface area contributed by atoms with E-state index in [9.17, 15) is 0 Å². The van der Waals surface area contributed by atoms with Gasteiger partial charge >= 0.3 is 0 Å². The van der Waals surface area contributed by atoms with Gasteiger partial charge in [0.25, 0.3) is 0 Å². The van der Waals surface area contributed by atoms with Gasteiger partial charge in [0.05, 0.1) is 6.61 Å². The molecule has 1 saturated heterocycles. The summed E-state index contributed by atoms with van der Waals surface area (Å²) in [5.41, 5.74) is 1.05. The monoisotopic (exact) mass is 279 g/mol. The lowest BCUT2D eigenvalue weighted by Gasteiger charge is -2.26. The third-order valence-electron chi connectivity index (χ3n) is 3.29. The van der Waals surface area contributed by atoms with Gasteiger partial charge in [-0.25, -0.2) is 0 Å². The minimum absolute atomic E-state index is 0.0788. The number of rotatable bonds is 4. The van der Waals surface area contributed by atoms with Crippen molar-refractivity contribution in [2.75, 3.05) is 33.4 Å². The van der Waals surface area contributed by atoms with Gasteiger partial charge in [0.2, 0.25) is 0 Å². The molecule has 1 unspecified atom stereocenters. The molecule has 0 bridgehead atoms. The molecule has 1 aromatic heterocycles. The first-order valence-electron chi connectivity index (χ1n) is 6.72. The highest BCUT2D eigenvalue weighted by Crippen LogP contribution is 2.20. The van der Waals surface area contributed by atoms with Crippen LogP contribution in [-0.2, 0) is 11.3 Å². The van der Waals surface area contributed by atoms with Crippen LogP contribution in [0.3, 0.4) is 0 Å². The fourth-order valence-electron chi connectivity index (χ4n) is 2.41. The van der Waals surface area contributed by atoms with Crippen LogP contribution < -0.4 is 0 Å². The third kappa shape index (κ3) is 4.63. The van der Waals surface area contributed by atoms with E-state index in [1.165, 1.54) is 17.7 Å². The summed E-state index contributed by atoms with van der Waals surface area (Å²) in [5, 5.41) is 10.8. The molecule has 4 heteroatoms. The Morgan fingerprint density at radius 3 is 3.21 bits per heavy atom. The van der Waals surface area contributed by atoms with Crippen LogP contribution in [0.2, 0.25) is 0 Å². The minimum Gasteiger partial charge on any atom is -0.384 e. The molecule has 0 amide bonds. The van der Waals surface area contributed by atoms with Gasteiger partial charge in [-0.15, -0.1) is 11.3 Å². The Balaban J connectivity index is 1.87. The van der Waals surface area contributed by atoms with Crippen LogP contribution in [0.25, 0.3) is 0 Å².